The van der Waals surface area contributed by atoms with Crippen LogP contribution in [-0.4, -0.2) is 12.4 Å². The van der Waals surface area contributed by atoms with E-state index in [1.807, 2.05) is 0 Å². The Balaban J connectivity index is 3.84. The summed E-state index contributed by atoms with van der Waals surface area (Å²) >= 11 is 0. The quantitative estimate of drug-likeness (QED) is 0.533. The molecule has 82 valence electrons. The maximum atomic E-state index is 2.39. The van der Waals surface area contributed by atoms with Crippen molar-refractivity contribution in [2.45, 2.75) is 66.6 Å². The molecular formula is C13H27B. The zero-order chi connectivity index (χ0) is 11.0. The molecular weight excluding hydrogens is 167 g/mol. The first kappa shape index (κ1) is 13.9. The van der Waals surface area contributed by atoms with E-state index < -0.39 is 0 Å². The van der Waals surface area contributed by atoms with E-state index in [0.29, 0.717) is 0 Å². The molecule has 0 aromatic carbocycles. The van der Waals surface area contributed by atoms with Gasteiger partial charge in [0.25, 0.3) is 0 Å². The van der Waals surface area contributed by atoms with Gasteiger partial charge in [-0.2, -0.15) is 0 Å². The van der Waals surface area contributed by atoms with Crippen LogP contribution in [0.4, 0.5) is 0 Å². The molecule has 2 atom stereocenters. The summed E-state index contributed by atoms with van der Waals surface area (Å²) in [7, 11) is 0. The van der Waals surface area contributed by atoms with Crippen molar-refractivity contribution in [1.82, 2.24) is 0 Å². The number of rotatable bonds is 7. The van der Waals surface area contributed by atoms with Gasteiger partial charge in [0.15, 0.2) is 0 Å². The summed E-state index contributed by atoms with van der Waals surface area (Å²) in [6.45, 7) is 13.7. The average Bonchev–Trinajstić information content (AvgIpc) is 2.18. The Hall–Kier alpha value is -0.0651. The summed E-state index contributed by atoms with van der Waals surface area (Å²) in [6, 6.07) is 0. The molecule has 1 heteroatoms. The summed E-state index contributed by atoms with van der Waals surface area (Å²) in [5.41, 5.74) is 1.58. The Morgan fingerprint density at radius 3 is 2.21 bits per heavy atom. The van der Waals surface area contributed by atoms with Crippen molar-refractivity contribution < 1.29 is 0 Å². The maximum absolute atomic E-state index is 2.39. The normalized spacial score (nSPS) is 16.2. The van der Waals surface area contributed by atoms with Crippen molar-refractivity contribution in [2.24, 2.45) is 11.8 Å². The van der Waals surface area contributed by atoms with Gasteiger partial charge in [-0.3, -0.25) is 0 Å². The molecule has 0 rings (SSSR count). The van der Waals surface area contributed by atoms with Gasteiger partial charge in [0.2, 0.25) is 0 Å². The van der Waals surface area contributed by atoms with E-state index in [9.17, 15) is 0 Å². The molecule has 2 unspecified atom stereocenters. The number of hydrogen-bond donors (Lipinski definition) is 0. The van der Waals surface area contributed by atoms with Crippen LogP contribution in [0.3, 0.4) is 0 Å². The molecule has 0 aliphatic heterocycles. The van der Waals surface area contributed by atoms with Crippen molar-refractivity contribution >= 4 is 12.4 Å². The van der Waals surface area contributed by atoms with Gasteiger partial charge >= 0.3 is 90.8 Å². The van der Waals surface area contributed by atoms with Crippen molar-refractivity contribution in [2.75, 3.05) is 0 Å². The molecule has 0 aliphatic rings. The molecule has 0 amide bonds. The zero-order valence-corrected chi connectivity index (χ0v) is 10.8. The monoisotopic (exact) mass is 194 g/mol. The third-order valence-electron chi connectivity index (χ3n) is 3.38. The minimum absolute atomic E-state index is 0.833. The first-order valence-electron chi connectivity index (χ1n) is 6.28. The SMILES string of the molecule is CB=C(C)C(CC)CCC(C)CCC. The third kappa shape index (κ3) is 5.62. The molecule has 0 nitrogen and oxygen atoms in total. The molecule has 0 aliphatic carbocycles. The summed E-state index contributed by atoms with van der Waals surface area (Å²) in [4.78, 5) is 0. The van der Waals surface area contributed by atoms with Gasteiger partial charge in [-0.1, -0.05) is 0 Å². The first-order chi connectivity index (χ1) is 6.65. The van der Waals surface area contributed by atoms with Crippen LogP contribution in [0, 0.1) is 11.8 Å². The van der Waals surface area contributed by atoms with E-state index >= 15 is 0 Å². The topological polar surface area (TPSA) is 0 Å². The molecule has 14 heavy (non-hydrogen) atoms. The Labute approximate surface area is 91.4 Å². The Kier molecular flexibility index (Phi) is 8.22. The molecule has 0 N–H and O–H groups in total. The van der Waals surface area contributed by atoms with E-state index in [-0.39, 0.29) is 0 Å². The van der Waals surface area contributed by atoms with Crippen LogP contribution in [0.5, 0.6) is 0 Å². The molecule has 0 heterocycles. The second-order valence-electron chi connectivity index (χ2n) is 4.61. The van der Waals surface area contributed by atoms with E-state index in [1.54, 1.807) is 5.46 Å². The van der Waals surface area contributed by atoms with Crippen molar-refractivity contribution in [3.63, 3.8) is 0 Å². The predicted octanol–water partition coefficient (Wildman–Crippen LogP) is 4.17. The first-order valence-corrected chi connectivity index (χ1v) is 6.28. The third-order valence-corrected chi connectivity index (χ3v) is 3.38. The molecule has 0 bridgehead atoms. The summed E-state index contributed by atoms with van der Waals surface area (Å²) in [6.07, 6.45) is 6.81. The standard InChI is InChI=1S/C13H27B/c1-6-8-11(3)9-10-13(7-2)12(4)14-5/h11,13H,6-10H2,1-5H3. The van der Waals surface area contributed by atoms with Gasteiger partial charge in [-0.15, -0.1) is 0 Å². The molecule has 0 saturated heterocycles. The van der Waals surface area contributed by atoms with Crippen LogP contribution >= 0.6 is 0 Å². The second-order valence-corrected chi connectivity index (χ2v) is 4.61. The fraction of sp³-hybridized carbons (Fsp3) is 0.923. The van der Waals surface area contributed by atoms with Gasteiger partial charge in [0.1, 0.15) is 0 Å². The van der Waals surface area contributed by atoms with Crippen molar-refractivity contribution in [1.29, 1.82) is 0 Å². The van der Waals surface area contributed by atoms with E-state index in [1.165, 1.54) is 32.1 Å². The second kappa shape index (κ2) is 8.26. The molecule has 0 radical (unpaired) electrons. The minimum atomic E-state index is 0.833. The van der Waals surface area contributed by atoms with E-state index in [0.717, 1.165) is 11.8 Å². The van der Waals surface area contributed by atoms with Crippen LogP contribution in [0.1, 0.15) is 59.8 Å². The number of hydrogen-bond acceptors (Lipinski definition) is 0. The van der Waals surface area contributed by atoms with Crippen molar-refractivity contribution in [3.05, 3.63) is 0 Å². The average molecular weight is 194 g/mol. The van der Waals surface area contributed by atoms with Gasteiger partial charge < -0.3 is 0 Å². The molecule has 0 aromatic heterocycles. The fourth-order valence-electron chi connectivity index (χ4n) is 2.11. The van der Waals surface area contributed by atoms with Crippen LogP contribution in [0.25, 0.3) is 0 Å². The van der Waals surface area contributed by atoms with Gasteiger partial charge in [0.05, 0.1) is 0 Å². The summed E-state index contributed by atoms with van der Waals surface area (Å²) in [5, 5.41) is 0. The molecule has 0 spiro atoms. The van der Waals surface area contributed by atoms with Gasteiger partial charge in [-0.05, 0) is 0 Å². The Bertz CT molecular complexity index is 161. The summed E-state index contributed by atoms with van der Waals surface area (Å²) in [5.74, 6) is 1.75. The van der Waals surface area contributed by atoms with Gasteiger partial charge in [0, 0.05) is 0 Å². The zero-order valence-electron chi connectivity index (χ0n) is 10.8. The summed E-state index contributed by atoms with van der Waals surface area (Å²) < 4.78 is 0. The van der Waals surface area contributed by atoms with E-state index in [4.69, 9.17) is 0 Å². The van der Waals surface area contributed by atoms with Crippen molar-refractivity contribution in [3.8, 4) is 0 Å². The molecule has 0 saturated carbocycles. The van der Waals surface area contributed by atoms with Crippen LogP contribution < -0.4 is 0 Å². The molecule has 0 fully saturated rings. The van der Waals surface area contributed by atoms with Gasteiger partial charge in [-0.25, -0.2) is 0 Å². The molecule has 0 aromatic rings. The fourth-order valence-corrected chi connectivity index (χ4v) is 2.11. The van der Waals surface area contributed by atoms with Crippen LogP contribution in [0.15, 0.2) is 0 Å². The predicted molar refractivity (Wildman–Crippen MR) is 69.4 cm³/mol. The van der Waals surface area contributed by atoms with Crippen LogP contribution in [0.2, 0.25) is 6.82 Å². The Morgan fingerprint density at radius 1 is 1.14 bits per heavy atom. The van der Waals surface area contributed by atoms with E-state index in [2.05, 4.69) is 41.4 Å². The van der Waals surface area contributed by atoms with Crippen LogP contribution in [-0.2, 0) is 0 Å². The Morgan fingerprint density at radius 2 is 1.79 bits per heavy atom.